The molecule has 1 spiro atoms. The summed E-state index contributed by atoms with van der Waals surface area (Å²) in [5.74, 6) is 0.307. The molecular formula is C20H24N2O5S2. The molecule has 9 heteroatoms. The molecule has 1 aromatic carbocycles. The van der Waals surface area contributed by atoms with Crippen molar-refractivity contribution in [3.8, 4) is 5.75 Å². The van der Waals surface area contributed by atoms with Crippen LogP contribution in [-0.4, -0.2) is 69.0 Å². The molecule has 29 heavy (non-hydrogen) atoms. The van der Waals surface area contributed by atoms with Crippen LogP contribution in [0.1, 0.15) is 21.0 Å². The second kappa shape index (κ2) is 7.71. The van der Waals surface area contributed by atoms with E-state index >= 15 is 0 Å². The van der Waals surface area contributed by atoms with Gasteiger partial charge in [0, 0.05) is 31.5 Å². The highest BCUT2D eigenvalue weighted by Gasteiger charge is 2.48. The Hall–Kier alpha value is -1.94. The maximum Gasteiger partial charge on any atom is 0.264 e. The number of ether oxygens (including phenoxy) is 2. The first kappa shape index (κ1) is 20.3. The summed E-state index contributed by atoms with van der Waals surface area (Å²) in [7, 11) is -2.17. The SMILES string of the molecule is COCCN1C[C@]2(CCN(C(=O)c3ccc(C)s3)C2)Oc2ccccc2S1(=O)=O. The van der Waals surface area contributed by atoms with Crippen LogP contribution in [0.3, 0.4) is 0 Å². The second-order valence-corrected chi connectivity index (χ2v) is 10.6. The van der Waals surface area contributed by atoms with Gasteiger partial charge in [-0.25, -0.2) is 8.42 Å². The lowest BCUT2D eigenvalue weighted by molar-refractivity contribution is 0.0487. The van der Waals surface area contributed by atoms with E-state index in [1.54, 1.807) is 36.3 Å². The van der Waals surface area contributed by atoms with Crippen LogP contribution in [0, 0.1) is 6.92 Å². The predicted molar refractivity (Wildman–Crippen MR) is 110 cm³/mol. The molecule has 0 unspecified atom stereocenters. The number of carbonyl (C=O) groups excluding carboxylic acids is 1. The quantitative estimate of drug-likeness (QED) is 0.736. The number of nitrogens with zero attached hydrogens (tertiary/aromatic N) is 2. The molecule has 1 amide bonds. The number of fused-ring (bicyclic) bond motifs is 1. The molecule has 2 aliphatic rings. The first-order valence-electron chi connectivity index (χ1n) is 9.47. The molecule has 156 valence electrons. The summed E-state index contributed by atoms with van der Waals surface area (Å²) in [6.45, 7) is 3.54. The summed E-state index contributed by atoms with van der Waals surface area (Å²) < 4.78 is 39.3. The van der Waals surface area contributed by atoms with Crippen molar-refractivity contribution in [2.45, 2.75) is 23.8 Å². The van der Waals surface area contributed by atoms with E-state index in [1.165, 1.54) is 15.6 Å². The van der Waals surface area contributed by atoms with Gasteiger partial charge in [0.2, 0.25) is 10.0 Å². The number of hydrogen-bond donors (Lipinski definition) is 0. The van der Waals surface area contributed by atoms with Crippen molar-refractivity contribution in [1.82, 2.24) is 9.21 Å². The molecule has 3 heterocycles. The van der Waals surface area contributed by atoms with Crippen molar-refractivity contribution in [3.63, 3.8) is 0 Å². The Morgan fingerprint density at radius 1 is 1.24 bits per heavy atom. The summed E-state index contributed by atoms with van der Waals surface area (Å²) in [5.41, 5.74) is -0.782. The van der Waals surface area contributed by atoms with Crippen LogP contribution in [0.5, 0.6) is 5.75 Å². The summed E-state index contributed by atoms with van der Waals surface area (Å²) in [5, 5.41) is 0. The minimum Gasteiger partial charge on any atom is -0.483 e. The molecule has 0 bridgehead atoms. The van der Waals surface area contributed by atoms with E-state index in [2.05, 4.69) is 0 Å². The van der Waals surface area contributed by atoms with Gasteiger partial charge in [0.1, 0.15) is 16.2 Å². The van der Waals surface area contributed by atoms with E-state index < -0.39 is 15.6 Å². The average molecular weight is 437 g/mol. The van der Waals surface area contributed by atoms with Crippen molar-refractivity contribution < 1.29 is 22.7 Å². The smallest absolute Gasteiger partial charge is 0.264 e. The lowest BCUT2D eigenvalue weighted by Crippen LogP contribution is -2.50. The fourth-order valence-corrected chi connectivity index (χ4v) is 6.33. The van der Waals surface area contributed by atoms with Crippen molar-refractivity contribution in [1.29, 1.82) is 0 Å². The zero-order valence-electron chi connectivity index (χ0n) is 16.5. The summed E-state index contributed by atoms with van der Waals surface area (Å²) in [4.78, 5) is 16.6. The highest BCUT2D eigenvalue weighted by atomic mass is 32.2. The standard InChI is InChI=1S/C20H24N2O5S2/c1-15-7-8-17(28-15)19(23)21-10-9-20(13-21)14-22(11-12-26-2)29(24,25)18-6-4-3-5-16(18)27-20/h3-8H,9-14H2,1-2H3/t20-/m1/s1. The van der Waals surface area contributed by atoms with E-state index in [-0.39, 0.29) is 30.5 Å². The number of para-hydroxylation sites is 1. The fraction of sp³-hybridized carbons (Fsp3) is 0.450. The van der Waals surface area contributed by atoms with Gasteiger partial charge in [-0.1, -0.05) is 12.1 Å². The predicted octanol–water partition coefficient (Wildman–Crippen LogP) is 2.37. The normalized spacial score (nSPS) is 23.6. The third-order valence-electron chi connectivity index (χ3n) is 5.36. The average Bonchev–Trinajstić information content (AvgIpc) is 3.29. The number of amides is 1. The Kier molecular flexibility index (Phi) is 5.41. The second-order valence-electron chi connectivity index (χ2n) is 7.45. The van der Waals surface area contributed by atoms with Gasteiger partial charge in [-0.2, -0.15) is 4.31 Å². The highest BCUT2D eigenvalue weighted by Crippen LogP contribution is 2.38. The van der Waals surface area contributed by atoms with E-state index in [9.17, 15) is 13.2 Å². The zero-order valence-corrected chi connectivity index (χ0v) is 18.1. The number of sulfonamides is 1. The van der Waals surface area contributed by atoms with Gasteiger partial charge in [0.05, 0.1) is 24.6 Å². The summed E-state index contributed by atoms with van der Waals surface area (Å²) in [6, 6.07) is 10.5. The Morgan fingerprint density at radius 3 is 2.76 bits per heavy atom. The van der Waals surface area contributed by atoms with E-state index in [1.807, 2.05) is 19.1 Å². The van der Waals surface area contributed by atoms with Gasteiger partial charge in [-0.05, 0) is 31.2 Å². The number of thiophene rings is 1. The third kappa shape index (κ3) is 3.79. The first-order chi connectivity index (χ1) is 13.8. The van der Waals surface area contributed by atoms with Gasteiger partial charge in [-0.15, -0.1) is 11.3 Å². The zero-order chi connectivity index (χ0) is 20.6. The Balaban J connectivity index is 1.66. The minimum atomic E-state index is -3.71. The van der Waals surface area contributed by atoms with Crippen LogP contribution in [0.4, 0.5) is 0 Å². The third-order valence-corrected chi connectivity index (χ3v) is 8.23. The molecule has 7 nitrogen and oxygen atoms in total. The summed E-state index contributed by atoms with van der Waals surface area (Å²) >= 11 is 1.47. The van der Waals surface area contributed by atoms with Crippen LogP contribution >= 0.6 is 11.3 Å². The number of rotatable bonds is 4. The van der Waals surface area contributed by atoms with E-state index in [0.717, 1.165) is 4.88 Å². The van der Waals surface area contributed by atoms with Crippen LogP contribution in [0.2, 0.25) is 0 Å². The molecule has 1 fully saturated rings. The first-order valence-corrected chi connectivity index (χ1v) is 11.7. The number of methoxy groups -OCH3 is 1. The molecule has 0 aliphatic carbocycles. The topological polar surface area (TPSA) is 76.2 Å². The molecule has 0 radical (unpaired) electrons. The molecule has 1 saturated heterocycles. The maximum absolute atomic E-state index is 13.2. The maximum atomic E-state index is 13.2. The number of aryl methyl sites for hydroxylation is 1. The number of hydrogen-bond acceptors (Lipinski definition) is 6. The Labute approximate surface area is 174 Å². The molecule has 2 aliphatic heterocycles. The molecule has 1 atom stereocenters. The Morgan fingerprint density at radius 2 is 2.03 bits per heavy atom. The van der Waals surface area contributed by atoms with Gasteiger partial charge in [0.15, 0.2) is 0 Å². The Bertz CT molecular complexity index is 1020. The van der Waals surface area contributed by atoms with Crippen molar-refractivity contribution in [2.24, 2.45) is 0 Å². The lowest BCUT2D eigenvalue weighted by Gasteiger charge is -2.31. The van der Waals surface area contributed by atoms with Gasteiger partial charge >= 0.3 is 0 Å². The number of likely N-dealkylation sites (tertiary alicyclic amines) is 1. The molecular weight excluding hydrogens is 412 g/mol. The largest absolute Gasteiger partial charge is 0.483 e. The fourth-order valence-electron chi connectivity index (χ4n) is 3.89. The van der Waals surface area contributed by atoms with E-state index in [4.69, 9.17) is 9.47 Å². The van der Waals surface area contributed by atoms with Gasteiger partial charge in [-0.3, -0.25) is 4.79 Å². The molecule has 0 saturated carbocycles. The number of carbonyl (C=O) groups is 1. The van der Waals surface area contributed by atoms with Crippen molar-refractivity contribution >= 4 is 27.3 Å². The lowest BCUT2D eigenvalue weighted by atomic mass is 10.0. The van der Waals surface area contributed by atoms with Crippen molar-refractivity contribution in [3.05, 3.63) is 46.2 Å². The van der Waals surface area contributed by atoms with E-state index in [0.29, 0.717) is 30.1 Å². The van der Waals surface area contributed by atoms with Gasteiger partial charge in [0.25, 0.3) is 5.91 Å². The molecule has 1 aromatic heterocycles. The number of benzene rings is 1. The van der Waals surface area contributed by atoms with Crippen LogP contribution in [-0.2, 0) is 14.8 Å². The van der Waals surface area contributed by atoms with Crippen molar-refractivity contribution in [2.75, 3.05) is 39.9 Å². The van der Waals surface area contributed by atoms with Gasteiger partial charge < -0.3 is 14.4 Å². The minimum absolute atomic E-state index is 0.0348. The summed E-state index contributed by atoms with van der Waals surface area (Å²) in [6.07, 6.45) is 0.566. The molecule has 2 aromatic rings. The molecule has 0 N–H and O–H groups in total. The van der Waals surface area contributed by atoms with Crippen LogP contribution in [0.25, 0.3) is 0 Å². The van der Waals surface area contributed by atoms with Crippen LogP contribution < -0.4 is 4.74 Å². The monoisotopic (exact) mass is 436 g/mol. The highest BCUT2D eigenvalue weighted by molar-refractivity contribution is 7.89. The molecule has 4 rings (SSSR count). The van der Waals surface area contributed by atoms with Crippen LogP contribution in [0.15, 0.2) is 41.3 Å².